The molecular weight excluding hydrogens is 700 g/mol. The van der Waals surface area contributed by atoms with Gasteiger partial charge in [0, 0.05) is 50.7 Å². The first-order valence-corrected chi connectivity index (χ1v) is 19.3. The number of likely N-dealkylation sites (tertiary alicyclic amines) is 1. The number of carbonyl (C=O) groups is 1. The van der Waals surface area contributed by atoms with Crippen LogP contribution in [0.25, 0.3) is 33.1 Å². The summed E-state index contributed by atoms with van der Waals surface area (Å²) in [5, 5.41) is 0.733. The van der Waals surface area contributed by atoms with Crippen molar-refractivity contribution >= 4 is 46.8 Å². The van der Waals surface area contributed by atoms with E-state index in [2.05, 4.69) is 19.9 Å². The number of carbonyl (C=O) groups excluding carboxylic acids is 1. The number of halogens is 3. The molecule has 52 heavy (non-hydrogen) atoms. The van der Waals surface area contributed by atoms with Crippen LogP contribution in [-0.4, -0.2) is 113 Å². The molecule has 0 aliphatic carbocycles. The highest BCUT2D eigenvalue weighted by atomic mass is 31.2. The van der Waals surface area contributed by atoms with Crippen molar-refractivity contribution in [2.45, 2.75) is 57.3 Å². The molecule has 17 heteroatoms. The van der Waals surface area contributed by atoms with Crippen LogP contribution >= 0.6 is 7.60 Å². The highest BCUT2D eigenvalue weighted by Gasteiger charge is 2.49. The van der Waals surface area contributed by atoms with Gasteiger partial charge in [-0.3, -0.25) is 19.2 Å². The van der Waals surface area contributed by atoms with Crippen molar-refractivity contribution in [1.82, 2.24) is 29.7 Å². The van der Waals surface area contributed by atoms with Crippen LogP contribution in [0.1, 0.15) is 39.5 Å². The third kappa shape index (κ3) is 6.77. The predicted molar refractivity (Wildman–Crippen MR) is 190 cm³/mol. The quantitative estimate of drug-likeness (QED) is 0.186. The van der Waals surface area contributed by atoms with Crippen molar-refractivity contribution in [3.8, 4) is 17.4 Å². The molecular formula is C35H42F3N8O5P. The second-order valence-electron chi connectivity index (χ2n) is 13.6. The van der Waals surface area contributed by atoms with Gasteiger partial charge in [0.1, 0.15) is 53.3 Å². The summed E-state index contributed by atoms with van der Waals surface area (Å²) in [4.78, 5) is 36.7. The number of nitrogens with zero attached hydrogens (tertiary/aromatic N) is 7. The lowest BCUT2D eigenvalue weighted by molar-refractivity contribution is -0.127. The van der Waals surface area contributed by atoms with Crippen LogP contribution in [0.5, 0.6) is 6.01 Å². The molecule has 3 aliphatic heterocycles. The molecule has 4 aromatic rings. The Labute approximate surface area is 299 Å². The number of rotatable bonds is 12. The van der Waals surface area contributed by atoms with Gasteiger partial charge in [-0.25, -0.2) is 18.2 Å². The number of benzene rings is 1. The zero-order valence-corrected chi connectivity index (χ0v) is 30.3. The molecule has 0 unspecified atom stereocenters. The van der Waals surface area contributed by atoms with Crippen LogP contribution in [0.15, 0.2) is 30.5 Å². The van der Waals surface area contributed by atoms with Crippen LogP contribution in [0.2, 0.25) is 0 Å². The van der Waals surface area contributed by atoms with E-state index in [0.717, 1.165) is 19.4 Å². The van der Waals surface area contributed by atoms with Crippen LogP contribution in [0.3, 0.4) is 0 Å². The molecule has 6 heterocycles. The fourth-order valence-electron chi connectivity index (χ4n) is 7.87. The highest BCUT2D eigenvalue weighted by molar-refractivity contribution is 7.54. The van der Waals surface area contributed by atoms with Crippen LogP contribution < -0.4 is 15.4 Å². The van der Waals surface area contributed by atoms with Crippen LogP contribution in [0, 0.1) is 11.6 Å². The average molecular weight is 743 g/mol. The third-order valence-electron chi connectivity index (χ3n) is 10.3. The number of pyridine rings is 2. The maximum absolute atomic E-state index is 16.8. The van der Waals surface area contributed by atoms with E-state index in [4.69, 9.17) is 24.5 Å². The molecule has 1 amide bonds. The zero-order valence-electron chi connectivity index (χ0n) is 29.4. The van der Waals surface area contributed by atoms with E-state index >= 15 is 8.78 Å². The maximum atomic E-state index is 16.8. The molecule has 0 spiro atoms. The third-order valence-corrected chi connectivity index (χ3v) is 12.3. The SMILES string of the molecule is CCOP(=O)(CC(=O)N1CC[C@@H](N(C)c2nc(OC[C@@]34CCCN3C[C@H](F)C4)nc3c(F)c(-c4nc(N)cc5cccc(F)c45)ncc23)C1)OCC. The van der Waals surface area contributed by atoms with Gasteiger partial charge in [0.2, 0.25) is 5.91 Å². The summed E-state index contributed by atoms with van der Waals surface area (Å²) >= 11 is 0. The number of nitrogens with two attached hydrogens (primary N) is 1. The number of hydrogen-bond donors (Lipinski definition) is 1. The van der Waals surface area contributed by atoms with E-state index < -0.39 is 30.9 Å². The Morgan fingerprint density at radius 2 is 1.90 bits per heavy atom. The molecule has 0 bridgehead atoms. The number of fused-ring (bicyclic) bond motifs is 3. The van der Waals surface area contributed by atoms with Gasteiger partial charge in [-0.2, -0.15) is 9.97 Å². The molecule has 0 saturated carbocycles. The van der Waals surface area contributed by atoms with Crippen LogP contribution in [-0.2, 0) is 18.4 Å². The van der Waals surface area contributed by atoms with Gasteiger partial charge in [0.05, 0.1) is 24.1 Å². The van der Waals surface area contributed by atoms with E-state index in [1.807, 2.05) is 4.90 Å². The predicted octanol–water partition coefficient (Wildman–Crippen LogP) is 5.36. The smallest absolute Gasteiger partial charge is 0.340 e. The normalized spacial score (nSPS) is 22.1. The van der Waals surface area contributed by atoms with Crippen molar-refractivity contribution in [3.05, 3.63) is 42.1 Å². The van der Waals surface area contributed by atoms with Crippen molar-refractivity contribution in [2.75, 3.05) is 69.8 Å². The fraction of sp³-hybridized carbons (Fsp3) is 0.514. The summed E-state index contributed by atoms with van der Waals surface area (Å²) in [5.41, 5.74) is 5.07. The van der Waals surface area contributed by atoms with Gasteiger partial charge in [-0.15, -0.1) is 0 Å². The van der Waals surface area contributed by atoms with E-state index in [1.54, 1.807) is 31.9 Å². The summed E-state index contributed by atoms with van der Waals surface area (Å²) in [6.07, 6.45) is 2.55. The largest absolute Gasteiger partial charge is 0.461 e. The molecule has 3 fully saturated rings. The Kier molecular flexibility index (Phi) is 10.0. The number of alkyl halides is 1. The number of amides is 1. The lowest BCUT2D eigenvalue weighted by Crippen LogP contribution is -2.43. The lowest BCUT2D eigenvalue weighted by Gasteiger charge is -2.31. The van der Waals surface area contributed by atoms with E-state index in [-0.39, 0.29) is 84.0 Å². The molecule has 13 nitrogen and oxygen atoms in total. The van der Waals surface area contributed by atoms with Crippen molar-refractivity contribution in [1.29, 1.82) is 0 Å². The van der Waals surface area contributed by atoms with E-state index in [9.17, 15) is 13.8 Å². The van der Waals surface area contributed by atoms with Gasteiger partial charge in [0.25, 0.3) is 0 Å². The molecule has 3 aromatic heterocycles. The highest BCUT2D eigenvalue weighted by Crippen LogP contribution is 2.48. The topological polar surface area (TPSA) is 149 Å². The Hall–Kier alpha value is -4.11. The lowest BCUT2D eigenvalue weighted by atomic mass is 9.95. The van der Waals surface area contributed by atoms with Crippen LogP contribution in [0.4, 0.5) is 24.8 Å². The summed E-state index contributed by atoms with van der Waals surface area (Å²) in [5.74, 6) is -1.51. The Morgan fingerprint density at radius 3 is 2.67 bits per heavy atom. The maximum Gasteiger partial charge on any atom is 0.340 e. The Balaban J connectivity index is 1.25. The number of nitrogen functional groups attached to an aromatic ring is 1. The number of aromatic nitrogens is 4. The standard InChI is InChI=1S/C35H42F3N8O5P/c1-4-50-52(48,51-5-2)19-27(47)45-13-10-23(18-45)44(3)33-24-16-40-32(31-28-21(14-26(39)41-31)8-6-9-25(28)37)29(38)30(24)42-34(43-33)49-20-35-11-7-12-46(35)17-22(36)15-35/h6,8-9,14,16,22-23H,4-5,7,10-13,15,17-20H2,1-3H3,(H2,39,41)/t22-,23-,35+/m1/s1. The van der Waals surface area contributed by atoms with Gasteiger partial charge in [-0.05, 0) is 57.2 Å². The molecule has 0 radical (unpaired) electrons. The van der Waals surface area contributed by atoms with E-state index in [1.165, 1.54) is 24.4 Å². The molecule has 1 aromatic carbocycles. The first kappa shape index (κ1) is 36.3. The van der Waals surface area contributed by atoms with Crippen molar-refractivity contribution < 1.29 is 36.3 Å². The summed E-state index contributed by atoms with van der Waals surface area (Å²) in [7, 11) is -1.84. The van der Waals surface area contributed by atoms with Crippen molar-refractivity contribution in [3.63, 3.8) is 0 Å². The number of hydrogen-bond acceptors (Lipinski definition) is 12. The molecule has 3 saturated heterocycles. The number of likely N-dealkylation sites (N-methyl/N-ethyl adjacent to an activating group) is 1. The van der Waals surface area contributed by atoms with Gasteiger partial charge < -0.3 is 29.3 Å². The minimum Gasteiger partial charge on any atom is -0.461 e. The zero-order chi connectivity index (χ0) is 36.8. The minimum absolute atomic E-state index is 0.0571. The Morgan fingerprint density at radius 1 is 1.12 bits per heavy atom. The van der Waals surface area contributed by atoms with Gasteiger partial charge >= 0.3 is 13.6 Å². The second kappa shape index (κ2) is 14.4. The number of anilines is 2. The second-order valence-corrected chi connectivity index (χ2v) is 15.7. The fourth-order valence-corrected chi connectivity index (χ4v) is 9.45. The first-order chi connectivity index (χ1) is 24.9. The minimum atomic E-state index is -3.61. The molecule has 3 atom stereocenters. The van der Waals surface area contributed by atoms with E-state index in [0.29, 0.717) is 37.1 Å². The first-order valence-electron chi connectivity index (χ1n) is 17.6. The number of ether oxygens (including phenoxy) is 1. The Bertz CT molecular complexity index is 2050. The molecule has 3 aliphatic rings. The summed E-state index contributed by atoms with van der Waals surface area (Å²) in [6.45, 7) is 5.48. The summed E-state index contributed by atoms with van der Waals surface area (Å²) in [6, 6.07) is 5.53. The molecule has 2 N–H and O–H groups in total. The summed E-state index contributed by atoms with van der Waals surface area (Å²) < 4.78 is 76.5. The average Bonchev–Trinajstić information content (AvgIpc) is 3.82. The monoisotopic (exact) mass is 742 g/mol. The van der Waals surface area contributed by atoms with Gasteiger partial charge in [-0.1, -0.05) is 12.1 Å². The van der Waals surface area contributed by atoms with Gasteiger partial charge in [0.15, 0.2) is 5.82 Å². The van der Waals surface area contributed by atoms with Crippen molar-refractivity contribution in [2.24, 2.45) is 0 Å². The molecule has 7 rings (SSSR count). The molecule has 278 valence electrons.